The Bertz CT molecular complexity index is 214. The highest BCUT2D eigenvalue weighted by atomic mass is 32.1. The smallest absolute Gasteiger partial charge is 0.0717 e. The highest BCUT2D eigenvalue weighted by Crippen LogP contribution is 2.66. The molecule has 0 unspecified atom stereocenters. The van der Waals surface area contributed by atoms with E-state index in [9.17, 15) is 5.11 Å². The molecule has 0 aromatic carbocycles. The van der Waals surface area contributed by atoms with Crippen molar-refractivity contribution in [1.29, 1.82) is 0 Å². The number of fused-ring (bicyclic) bond motifs is 2. The lowest BCUT2D eigenvalue weighted by Gasteiger charge is -2.36. The summed E-state index contributed by atoms with van der Waals surface area (Å²) in [6.45, 7) is 6.78. The Balaban J connectivity index is 2.44. The Morgan fingerprint density at radius 1 is 1.33 bits per heavy atom. The molecule has 4 atom stereocenters. The fourth-order valence-electron chi connectivity index (χ4n) is 3.29. The first-order valence-corrected chi connectivity index (χ1v) is 5.29. The van der Waals surface area contributed by atoms with E-state index in [4.69, 9.17) is 0 Å². The molecule has 0 radical (unpaired) electrons. The van der Waals surface area contributed by atoms with E-state index in [-0.39, 0.29) is 22.2 Å². The van der Waals surface area contributed by atoms with E-state index in [1.807, 2.05) is 0 Å². The van der Waals surface area contributed by atoms with Crippen LogP contribution < -0.4 is 0 Å². The summed E-state index contributed by atoms with van der Waals surface area (Å²) in [6, 6.07) is 0. The minimum atomic E-state index is -0.199. The van der Waals surface area contributed by atoms with Crippen molar-refractivity contribution in [3.05, 3.63) is 0 Å². The molecular weight excluding hydrogens is 168 g/mol. The molecule has 2 heteroatoms. The standard InChI is InChI=1S/C10H18OS/c1-9(2)6-4-5-10(9,3)8(11)7(6)12/h6-8,11-12H,4-5H2,1-3H3/t6-,7-,8-,10-/m0/s1. The zero-order valence-electron chi connectivity index (χ0n) is 8.04. The monoisotopic (exact) mass is 186 g/mol. The summed E-state index contributed by atoms with van der Waals surface area (Å²) in [5.41, 5.74) is 0.392. The van der Waals surface area contributed by atoms with Crippen molar-refractivity contribution in [3.63, 3.8) is 0 Å². The first-order chi connectivity index (χ1) is 5.41. The average Bonchev–Trinajstić information content (AvgIpc) is 2.26. The predicted octanol–water partition coefficient (Wildman–Crippen LogP) is 2.10. The lowest BCUT2D eigenvalue weighted by atomic mass is 9.70. The average molecular weight is 186 g/mol. The summed E-state index contributed by atoms with van der Waals surface area (Å²) in [5, 5.41) is 10.2. The summed E-state index contributed by atoms with van der Waals surface area (Å²) in [7, 11) is 0. The van der Waals surface area contributed by atoms with Crippen LogP contribution in [0.4, 0.5) is 0 Å². The van der Waals surface area contributed by atoms with Gasteiger partial charge >= 0.3 is 0 Å². The van der Waals surface area contributed by atoms with Crippen molar-refractivity contribution in [2.45, 2.75) is 45.0 Å². The number of hydrogen-bond donors (Lipinski definition) is 2. The Labute approximate surface area is 80.0 Å². The third-order valence-corrected chi connectivity index (χ3v) is 5.40. The van der Waals surface area contributed by atoms with E-state index in [1.54, 1.807) is 0 Å². The van der Waals surface area contributed by atoms with Gasteiger partial charge in [0.1, 0.15) is 0 Å². The zero-order chi connectivity index (χ0) is 9.15. The first-order valence-electron chi connectivity index (χ1n) is 4.77. The van der Waals surface area contributed by atoms with Crippen LogP contribution in [-0.4, -0.2) is 16.5 Å². The van der Waals surface area contributed by atoms with Gasteiger partial charge < -0.3 is 5.11 Å². The van der Waals surface area contributed by atoms with Crippen LogP contribution in [0, 0.1) is 16.7 Å². The third-order valence-electron chi connectivity index (χ3n) is 4.76. The van der Waals surface area contributed by atoms with E-state index in [2.05, 4.69) is 33.4 Å². The van der Waals surface area contributed by atoms with Crippen LogP contribution in [0.3, 0.4) is 0 Å². The zero-order valence-corrected chi connectivity index (χ0v) is 8.94. The van der Waals surface area contributed by atoms with Crippen molar-refractivity contribution in [2.24, 2.45) is 16.7 Å². The van der Waals surface area contributed by atoms with Crippen LogP contribution in [0.5, 0.6) is 0 Å². The first kappa shape index (κ1) is 8.89. The van der Waals surface area contributed by atoms with E-state index in [0.29, 0.717) is 5.92 Å². The van der Waals surface area contributed by atoms with Gasteiger partial charge in [-0.2, -0.15) is 12.6 Å². The summed E-state index contributed by atoms with van der Waals surface area (Å²) < 4.78 is 0. The fourth-order valence-corrected chi connectivity index (χ4v) is 4.14. The summed E-state index contributed by atoms with van der Waals surface area (Å²) in [6.07, 6.45) is 2.21. The maximum absolute atomic E-state index is 10.0. The maximum atomic E-state index is 10.0. The van der Waals surface area contributed by atoms with Crippen LogP contribution >= 0.6 is 12.6 Å². The van der Waals surface area contributed by atoms with Crippen LogP contribution in [0.1, 0.15) is 33.6 Å². The van der Waals surface area contributed by atoms with Crippen molar-refractivity contribution in [2.75, 3.05) is 0 Å². The number of hydrogen-bond acceptors (Lipinski definition) is 2. The van der Waals surface area contributed by atoms with E-state index in [0.717, 1.165) is 0 Å². The number of thiol groups is 1. The third kappa shape index (κ3) is 0.717. The molecule has 12 heavy (non-hydrogen) atoms. The second kappa shape index (κ2) is 2.21. The highest BCUT2D eigenvalue weighted by molar-refractivity contribution is 7.81. The molecule has 0 aromatic rings. The molecule has 0 amide bonds. The molecule has 2 bridgehead atoms. The van der Waals surface area contributed by atoms with Crippen LogP contribution in [0.15, 0.2) is 0 Å². The van der Waals surface area contributed by atoms with Crippen molar-refractivity contribution in [3.8, 4) is 0 Å². The minimum absolute atomic E-state index is 0.115. The fraction of sp³-hybridized carbons (Fsp3) is 1.00. The van der Waals surface area contributed by atoms with E-state index < -0.39 is 0 Å². The van der Waals surface area contributed by atoms with Gasteiger partial charge in [0.25, 0.3) is 0 Å². The largest absolute Gasteiger partial charge is 0.391 e. The van der Waals surface area contributed by atoms with E-state index in [1.165, 1.54) is 12.8 Å². The highest BCUT2D eigenvalue weighted by Gasteiger charge is 2.64. The quantitative estimate of drug-likeness (QED) is 0.555. The molecule has 0 aliphatic heterocycles. The molecule has 1 N–H and O–H groups in total. The molecule has 2 fully saturated rings. The normalized spacial score (nSPS) is 56.2. The van der Waals surface area contributed by atoms with Gasteiger partial charge in [-0.1, -0.05) is 20.8 Å². The van der Waals surface area contributed by atoms with Crippen LogP contribution in [0.2, 0.25) is 0 Å². The van der Waals surface area contributed by atoms with Gasteiger partial charge in [0, 0.05) is 5.25 Å². The van der Waals surface area contributed by atoms with Crippen molar-refractivity contribution >= 4 is 12.6 Å². The Kier molecular flexibility index (Phi) is 1.64. The summed E-state index contributed by atoms with van der Waals surface area (Å²) in [4.78, 5) is 0. The Morgan fingerprint density at radius 3 is 2.17 bits per heavy atom. The van der Waals surface area contributed by atoms with Gasteiger partial charge in [0.05, 0.1) is 6.10 Å². The summed E-state index contributed by atoms with van der Waals surface area (Å²) >= 11 is 4.51. The van der Waals surface area contributed by atoms with Gasteiger partial charge in [-0.25, -0.2) is 0 Å². The molecule has 0 spiro atoms. The molecule has 2 saturated carbocycles. The summed E-state index contributed by atoms with van der Waals surface area (Å²) in [5.74, 6) is 0.612. The van der Waals surface area contributed by atoms with Crippen LogP contribution in [0.25, 0.3) is 0 Å². The second-order valence-corrected chi connectivity index (χ2v) is 5.82. The molecular formula is C10H18OS. The molecule has 0 aromatic heterocycles. The van der Waals surface area contributed by atoms with Gasteiger partial charge in [-0.3, -0.25) is 0 Å². The molecule has 1 nitrogen and oxygen atoms in total. The van der Waals surface area contributed by atoms with Gasteiger partial charge in [-0.05, 0) is 29.6 Å². The van der Waals surface area contributed by atoms with Gasteiger partial charge in [0.2, 0.25) is 0 Å². The topological polar surface area (TPSA) is 20.2 Å². The Hall–Kier alpha value is 0.310. The number of aliphatic hydroxyl groups excluding tert-OH is 1. The van der Waals surface area contributed by atoms with Crippen molar-refractivity contribution < 1.29 is 5.11 Å². The molecule has 2 rings (SSSR count). The lowest BCUT2D eigenvalue weighted by Crippen LogP contribution is -2.37. The maximum Gasteiger partial charge on any atom is 0.0717 e. The second-order valence-electron chi connectivity index (χ2n) is 5.22. The lowest BCUT2D eigenvalue weighted by molar-refractivity contribution is 0.0150. The Morgan fingerprint density at radius 2 is 1.92 bits per heavy atom. The molecule has 2 aliphatic carbocycles. The predicted molar refractivity (Wildman–Crippen MR) is 53.4 cm³/mol. The molecule has 70 valence electrons. The molecule has 0 saturated heterocycles. The number of aliphatic hydroxyl groups is 1. The molecule has 0 heterocycles. The van der Waals surface area contributed by atoms with E-state index >= 15 is 0 Å². The SMILES string of the molecule is CC1(C)[C@H]2CC[C@@]1(C)[C@@H](O)[C@H]2S. The van der Waals surface area contributed by atoms with Gasteiger partial charge in [0.15, 0.2) is 0 Å². The van der Waals surface area contributed by atoms with Crippen LogP contribution in [-0.2, 0) is 0 Å². The van der Waals surface area contributed by atoms with Gasteiger partial charge in [-0.15, -0.1) is 0 Å². The molecule has 2 aliphatic rings. The minimum Gasteiger partial charge on any atom is -0.391 e. The number of rotatable bonds is 0. The van der Waals surface area contributed by atoms with Crippen molar-refractivity contribution in [1.82, 2.24) is 0 Å².